The number of Topliss-reactive ketones (excluding diaryl/α,β-unsaturated/α-hetero) is 1. The Balaban J connectivity index is 2.58. The van der Waals surface area contributed by atoms with E-state index in [0.717, 1.165) is 12.1 Å². The minimum atomic E-state index is -0.290. The van der Waals surface area contributed by atoms with E-state index in [2.05, 4.69) is 0 Å². The van der Waals surface area contributed by atoms with Gasteiger partial charge in [0.25, 0.3) is 0 Å². The van der Waals surface area contributed by atoms with E-state index in [0.29, 0.717) is 12.0 Å². The maximum atomic E-state index is 11.1. The van der Waals surface area contributed by atoms with Gasteiger partial charge in [-0.05, 0) is 0 Å². The van der Waals surface area contributed by atoms with Gasteiger partial charge in [0.2, 0.25) is 0 Å². The van der Waals surface area contributed by atoms with Gasteiger partial charge < -0.3 is 15.3 Å². The van der Waals surface area contributed by atoms with E-state index < -0.39 is 0 Å². The molecular formula is C10H8O4. The number of benzene rings is 1. The lowest BCUT2D eigenvalue weighted by Gasteiger charge is -2.15. The molecule has 0 spiro atoms. The molecule has 3 N–H and O–H groups in total. The van der Waals surface area contributed by atoms with Gasteiger partial charge in [-0.1, -0.05) is 6.08 Å². The lowest BCUT2D eigenvalue weighted by atomic mass is 9.89. The molecule has 1 aliphatic carbocycles. The van der Waals surface area contributed by atoms with E-state index in [1.807, 2.05) is 0 Å². The summed E-state index contributed by atoms with van der Waals surface area (Å²) in [4.78, 5) is 11.1. The van der Waals surface area contributed by atoms with Gasteiger partial charge in [-0.25, -0.2) is 0 Å². The fourth-order valence-corrected chi connectivity index (χ4v) is 1.40. The highest BCUT2D eigenvalue weighted by atomic mass is 16.3. The summed E-state index contributed by atoms with van der Waals surface area (Å²) < 4.78 is 0. The van der Waals surface area contributed by atoms with Gasteiger partial charge in [0.15, 0.2) is 5.78 Å². The average molecular weight is 192 g/mol. The van der Waals surface area contributed by atoms with Crippen LogP contribution < -0.4 is 0 Å². The number of carbonyl (C=O) groups excluding carboxylic acids is 1. The van der Waals surface area contributed by atoms with Crippen LogP contribution >= 0.6 is 0 Å². The molecule has 1 aliphatic rings. The molecule has 0 atom stereocenters. The van der Waals surface area contributed by atoms with E-state index in [4.69, 9.17) is 5.11 Å². The number of carbonyl (C=O) groups is 1. The SMILES string of the molecule is O=C1CC=C1c1c(O)cc(O)cc1O. The van der Waals surface area contributed by atoms with Crippen LogP contribution in [0.15, 0.2) is 18.2 Å². The molecular weight excluding hydrogens is 184 g/mol. The Morgan fingerprint density at radius 1 is 1.07 bits per heavy atom. The number of hydrogen-bond acceptors (Lipinski definition) is 4. The van der Waals surface area contributed by atoms with Crippen LogP contribution in [0.25, 0.3) is 5.57 Å². The highest BCUT2D eigenvalue weighted by Gasteiger charge is 2.24. The smallest absolute Gasteiger partial charge is 0.167 e. The van der Waals surface area contributed by atoms with Crippen molar-refractivity contribution in [2.24, 2.45) is 0 Å². The predicted molar refractivity (Wildman–Crippen MR) is 49.0 cm³/mol. The Hall–Kier alpha value is -1.97. The third-order valence-electron chi connectivity index (χ3n) is 2.14. The topological polar surface area (TPSA) is 77.8 Å². The normalized spacial score (nSPS) is 14.9. The Kier molecular flexibility index (Phi) is 1.70. The number of phenolic OH excluding ortho intramolecular Hbond substituents is 3. The molecule has 0 radical (unpaired) electrons. The maximum Gasteiger partial charge on any atom is 0.167 e. The fourth-order valence-electron chi connectivity index (χ4n) is 1.40. The summed E-state index contributed by atoms with van der Waals surface area (Å²) >= 11 is 0. The number of aromatic hydroxyl groups is 3. The largest absolute Gasteiger partial charge is 0.508 e. The third-order valence-corrected chi connectivity index (χ3v) is 2.14. The van der Waals surface area contributed by atoms with Gasteiger partial charge in [0, 0.05) is 24.1 Å². The molecule has 4 nitrogen and oxygen atoms in total. The lowest BCUT2D eigenvalue weighted by Crippen LogP contribution is -2.09. The summed E-state index contributed by atoms with van der Waals surface area (Å²) in [6, 6.07) is 2.17. The Morgan fingerprint density at radius 3 is 2.00 bits per heavy atom. The molecule has 0 saturated carbocycles. The Morgan fingerprint density at radius 2 is 1.64 bits per heavy atom. The van der Waals surface area contributed by atoms with Crippen LogP contribution in [0, 0.1) is 0 Å². The zero-order valence-corrected chi connectivity index (χ0v) is 7.19. The summed E-state index contributed by atoms with van der Waals surface area (Å²) in [5.74, 6) is -0.944. The number of rotatable bonds is 1. The van der Waals surface area contributed by atoms with Crippen LogP contribution in [0.3, 0.4) is 0 Å². The number of allylic oxidation sites excluding steroid dienone is 2. The minimum absolute atomic E-state index is 0.0963. The van der Waals surface area contributed by atoms with Gasteiger partial charge in [-0.15, -0.1) is 0 Å². The van der Waals surface area contributed by atoms with Crippen molar-refractivity contribution in [3.05, 3.63) is 23.8 Å². The summed E-state index contributed by atoms with van der Waals surface area (Å²) in [5.41, 5.74) is 0.402. The van der Waals surface area contributed by atoms with Gasteiger partial charge in [-0.3, -0.25) is 4.79 Å². The number of ketones is 1. The Bertz CT molecular complexity index is 422. The molecule has 0 heterocycles. The molecule has 0 aliphatic heterocycles. The summed E-state index contributed by atoms with van der Waals surface area (Å²) in [6.45, 7) is 0. The molecule has 0 fully saturated rings. The second kappa shape index (κ2) is 2.77. The summed E-state index contributed by atoms with van der Waals surface area (Å²) in [7, 11) is 0. The molecule has 1 aromatic carbocycles. The van der Waals surface area contributed by atoms with Gasteiger partial charge in [0.1, 0.15) is 17.2 Å². The first-order chi connectivity index (χ1) is 6.59. The van der Waals surface area contributed by atoms with Crippen molar-refractivity contribution in [3.63, 3.8) is 0 Å². The van der Waals surface area contributed by atoms with Crippen molar-refractivity contribution in [1.29, 1.82) is 0 Å². The monoisotopic (exact) mass is 192 g/mol. The molecule has 0 amide bonds. The first-order valence-corrected chi connectivity index (χ1v) is 4.08. The van der Waals surface area contributed by atoms with Crippen molar-refractivity contribution in [2.45, 2.75) is 6.42 Å². The molecule has 72 valence electrons. The number of hydrogen-bond donors (Lipinski definition) is 3. The molecule has 2 rings (SSSR count). The van der Waals surface area contributed by atoms with Crippen LogP contribution in [-0.4, -0.2) is 21.1 Å². The predicted octanol–water partition coefficient (Wildman–Crippen LogP) is 1.16. The Labute approximate surface area is 79.7 Å². The second-order valence-electron chi connectivity index (χ2n) is 3.10. The molecule has 0 unspecified atom stereocenters. The van der Waals surface area contributed by atoms with Crippen LogP contribution in [-0.2, 0) is 4.79 Å². The lowest BCUT2D eigenvalue weighted by molar-refractivity contribution is -0.114. The van der Waals surface area contributed by atoms with Gasteiger partial charge >= 0.3 is 0 Å². The van der Waals surface area contributed by atoms with Crippen LogP contribution in [0.1, 0.15) is 12.0 Å². The second-order valence-corrected chi connectivity index (χ2v) is 3.10. The van der Waals surface area contributed by atoms with Crippen molar-refractivity contribution < 1.29 is 20.1 Å². The zero-order valence-electron chi connectivity index (χ0n) is 7.19. The molecule has 0 aromatic heterocycles. The maximum absolute atomic E-state index is 11.1. The van der Waals surface area contributed by atoms with Gasteiger partial charge in [0.05, 0.1) is 5.56 Å². The van der Waals surface area contributed by atoms with Crippen LogP contribution in [0.5, 0.6) is 17.2 Å². The van der Waals surface area contributed by atoms with Crippen molar-refractivity contribution in [2.75, 3.05) is 0 Å². The molecule has 0 bridgehead atoms. The third kappa shape index (κ3) is 1.12. The van der Waals surface area contributed by atoms with Crippen molar-refractivity contribution in [1.82, 2.24) is 0 Å². The van der Waals surface area contributed by atoms with Crippen LogP contribution in [0.4, 0.5) is 0 Å². The van der Waals surface area contributed by atoms with Crippen molar-refractivity contribution in [3.8, 4) is 17.2 Å². The van der Waals surface area contributed by atoms with E-state index in [-0.39, 0.29) is 28.6 Å². The van der Waals surface area contributed by atoms with Gasteiger partial charge in [-0.2, -0.15) is 0 Å². The molecule has 0 saturated heterocycles. The molecule has 1 aromatic rings. The highest BCUT2D eigenvalue weighted by Crippen LogP contribution is 2.40. The fraction of sp³-hybridized carbons (Fsp3) is 0.100. The highest BCUT2D eigenvalue weighted by molar-refractivity contribution is 6.28. The molecule has 14 heavy (non-hydrogen) atoms. The first-order valence-electron chi connectivity index (χ1n) is 4.08. The minimum Gasteiger partial charge on any atom is -0.508 e. The van der Waals surface area contributed by atoms with Crippen molar-refractivity contribution >= 4 is 11.4 Å². The van der Waals surface area contributed by atoms with E-state index in [9.17, 15) is 15.0 Å². The van der Waals surface area contributed by atoms with E-state index in [1.54, 1.807) is 6.08 Å². The molecule has 4 heteroatoms. The number of phenols is 3. The van der Waals surface area contributed by atoms with E-state index >= 15 is 0 Å². The summed E-state index contributed by atoms with van der Waals surface area (Å²) in [5, 5.41) is 27.9. The standard InChI is InChI=1S/C10H8O4/c11-5-3-8(13)10(9(14)4-5)6-1-2-7(6)12/h1,3-4,11,13-14H,2H2. The first kappa shape index (κ1) is 8.62. The van der Waals surface area contributed by atoms with Crippen LogP contribution in [0.2, 0.25) is 0 Å². The summed E-state index contributed by atoms with van der Waals surface area (Å²) in [6.07, 6.45) is 1.95. The zero-order chi connectivity index (χ0) is 10.3. The van der Waals surface area contributed by atoms with E-state index in [1.165, 1.54) is 0 Å². The average Bonchev–Trinajstić information content (AvgIpc) is 2.08. The quantitative estimate of drug-likeness (QED) is 0.623.